The number of anilines is 1. The van der Waals surface area contributed by atoms with Crippen molar-refractivity contribution in [2.24, 2.45) is 0 Å². The number of halogens is 1. The van der Waals surface area contributed by atoms with Crippen molar-refractivity contribution in [1.29, 1.82) is 0 Å². The summed E-state index contributed by atoms with van der Waals surface area (Å²) in [5, 5.41) is 13.2. The Kier molecular flexibility index (Phi) is 6.16. The first-order valence-electron chi connectivity index (χ1n) is 4.68. The molecule has 7 heteroatoms. The molecule has 17 heavy (non-hydrogen) atoms. The van der Waals surface area contributed by atoms with Crippen LogP contribution in [0.5, 0.6) is 0 Å². The third-order valence-electron chi connectivity index (χ3n) is 1.83. The first-order valence-corrected chi connectivity index (χ1v) is 4.68. The number of rotatable bonds is 4. The van der Waals surface area contributed by atoms with Crippen molar-refractivity contribution in [2.45, 2.75) is 0 Å². The molecule has 0 heterocycles. The number of nitrogens with zero attached hydrogens (tertiary/aromatic N) is 2. The summed E-state index contributed by atoms with van der Waals surface area (Å²) in [4.78, 5) is 23.3. The second-order valence-electron chi connectivity index (χ2n) is 3.56. The van der Waals surface area contributed by atoms with Gasteiger partial charge in [-0.3, -0.25) is 14.9 Å². The highest BCUT2D eigenvalue weighted by Crippen LogP contribution is 2.22. The number of hydrogen-bond donors (Lipinski definition) is 1. The van der Waals surface area contributed by atoms with Gasteiger partial charge >= 0.3 is 0 Å². The van der Waals surface area contributed by atoms with Crippen molar-refractivity contribution in [3.8, 4) is 0 Å². The summed E-state index contributed by atoms with van der Waals surface area (Å²) in [7, 11) is 3.50. The van der Waals surface area contributed by atoms with E-state index in [1.165, 1.54) is 12.1 Å². The summed E-state index contributed by atoms with van der Waals surface area (Å²) in [5.74, 6) is -0.278. The lowest BCUT2D eigenvalue weighted by Crippen LogP contribution is -2.27. The minimum absolute atomic E-state index is 0. The van der Waals surface area contributed by atoms with Gasteiger partial charge in [0.2, 0.25) is 5.91 Å². The zero-order chi connectivity index (χ0) is 12.1. The lowest BCUT2D eigenvalue weighted by Gasteiger charge is -2.09. The second-order valence-corrected chi connectivity index (χ2v) is 3.56. The second kappa shape index (κ2) is 6.82. The molecule has 1 amide bonds. The zero-order valence-electron chi connectivity index (χ0n) is 9.54. The van der Waals surface area contributed by atoms with E-state index >= 15 is 0 Å². The van der Waals surface area contributed by atoms with Crippen LogP contribution in [0.2, 0.25) is 0 Å². The molecule has 0 spiro atoms. The van der Waals surface area contributed by atoms with Gasteiger partial charge in [-0.15, -0.1) is 12.4 Å². The number of para-hydroxylation sites is 2. The molecule has 6 nitrogen and oxygen atoms in total. The van der Waals surface area contributed by atoms with Crippen LogP contribution in [0, 0.1) is 10.1 Å². The molecule has 1 N–H and O–H groups in total. The molecule has 0 fully saturated rings. The summed E-state index contributed by atoms with van der Waals surface area (Å²) in [5.41, 5.74) is 0.119. The number of nitrogens with one attached hydrogen (secondary N) is 1. The van der Waals surface area contributed by atoms with Crippen molar-refractivity contribution in [1.82, 2.24) is 4.90 Å². The molecule has 0 aliphatic rings. The quantitative estimate of drug-likeness (QED) is 0.657. The average Bonchev–Trinajstić information content (AvgIpc) is 2.16. The summed E-state index contributed by atoms with van der Waals surface area (Å²) in [6, 6.07) is 6.05. The van der Waals surface area contributed by atoms with Gasteiger partial charge in [0.15, 0.2) is 0 Å². The lowest BCUT2D eigenvalue weighted by molar-refractivity contribution is -0.383. The van der Waals surface area contributed by atoms with Crippen molar-refractivity contribution in [3.05, 3.63) is 34.4 Å². The van der Waals surface area contributed by atoms with Crippen molar-refractivity contribution >= 4 is 29.7 Å². The van der Waals surface area contributed by atoms with Crippen LogP contribution >= 0.6 is 12.4 Å². The van der Waals surface area contributed by atoms with Crippen LogP contribution in [-0.2, 0) is 4.79 Å². The van der Waals surface area contributed by atoms with Gasteiger partial charge in [0.05, 0.1) is 11.5 Å². The number of carbonyl (C=O) groups is 1. The van der Waals surface area contributed by atoms with E-state index in [-0.39, 0.29) is 36.2 Å². The maximum Gasteiger partial charge on any atom is 0.292 e. The van der Waals surface area contributed by atoms with Gasteiger partial charge < -0.3 is 10.2 Å². The number of hydrogen-bond acceptors (Lipinski definition) is 4. The van der Waals surface area contributed by atoms with Crippen LogP contribution < -0.4 is 5.32 Å². The highest BCUT2D eigenvalue weighted by atomic mass is 35.5. The Bertz CT molecular complexity index is 410. The third kappa shape index (κ3) is 4.80. The molecule has 0 aliphatic heterocycles. The summed E-state index contributed by atoms with van der Waals surface area (Å²) in [6.45, 7) is 0.187. The Morgan fingerprint density at radius 1 is 1.41 bits per heavy atom. The number of nitro benzene ring substituents is 1. The number of benzene rings is 1. The Morgan fingerprint density at radius 2 is 2.00 bits per heavy atom. The van der Waals surface area contributed by atoms with Crippen LogP contribution in [0.15, 0.2) is 24.3 Å². The number of nitro groups is 1. The SMILES string of the molecule is CN(C)CC(=O)Nc1ccccc1[N+](=O)[O-].Cl. The van der Waals surface area contributed by atoms with E-state index in [1.54, 1.807) is 31.1 Å². The summed E-state index contributed by atoms with van der Waals surface area (Å²) >= 11 is 0. The highest BCUT2D eigenvalue weighted by Gasteiger charge is 2.14. The largest absolute Gasteiger partial charge is 0.319 e. The maximum atomic E-state index is 11.4. The Labute approximate surface area is 105 Å². The normalized spacial score (nSPS) is 9.59. The van der Waals surface area contributed by atoms with Crippen molar-refractivity contribution < 1.29 is 9.72 Å². The average molecular weight is 260 g/mol. The van der Waals surface area contributed by atoms with Crippen molar-refractivity contribution in [2.75, 3.05) is 26.0 Å². The third-order valence-corrected chi connectivity index (χ3v) is 1.83. The van der Waals surface area contributed by atoms with Gasteiger partial charge in [0.25, 0.3) is 5.69 Å². The smallest absolute Gasteiger partial charge is 0.292 e. The van der Waals surface area contributed by atoms with E-state index < -0.39 is 4.92 Å². The van der Waals surface area contributed by atoms with Crippen LogP contribution in [0.3, 0.4) is 0 Å². The van der Waals surface area contributed by atoms with Gasteiger partial charge in [-0.05, 0) is 20.2 Å². The summed E-state index contributed by atoms with van der Waals surface area (Å²) in [6.07, 6.45) is 0. The fraction of sp³-hybridized carbons (Fsp3) is 0.300. The molecule has 1 aromatic rings. The van der Waals surface area contributed by atoms with Gasteiger partial charge in [0.1, 0.15) is 5.69 Å². The molecule has 0 saturated carbocycles. The van der Waals surface area contributed by atoms with E-state index in [1.807, 2.05) is 0 Å². The number of amides is 1. The first-order chi connectivity index (χ1) is 7.50. The van der Waals surface area contributed by atoms with E-state index in [0.717, 1.165) is 0 Å². The lowest BCUT2D eigenvalue weighted by atomic mass is 10.2. The van der Waals surface area contributed by atoms with E-state index in [4.69, 9.17) is 0 Å². The Balaban J connectivity index is 0.00000256. The molecule has 1 rings (SSSR count). The predicted octanol–water partition coefficient (Wildman–Crippen LogP) is 1.52. The molecule has 0 aromatic heterocycles. The molecule has 94 valence electrons. The van der Waals surface area contributed by atoms with Crippen LogP contribution in [0.1, 0.15) is 0 Å². The van der Waals surface area contributed by atoms with Crippen LogP contribution in [-0.4, -0.2) is 36.4 Å². The van der Waals surface area contributed by atoms with Crippen LogP contribution in [0.25, 0.3) is 0 Å². The monoisotopic (exact) mass is 259 g/mol. The van der Waals surface area contributed by atoms with Gasteiger partial charge in [-0.25, -0.2) is 0 Å². The summed E-state index contributed by atoms with van der Waals surface area (Å²) < 4.78 is 0. The molecule has 1 aromatic carbocycles. The van der Waals surface area contributed by atoms with Crippen LogP contribution in [0.4, 0.5) is 11.4 Å². The molecule has 0 aliphatic carbocycles. The van der Waals surface area contributed by atoms with Crippen molar-refractivity contribution in [3.63, 3.8) is 0 Å². The minimum Gasteiger partial charge on any atom is -0.319 e. The van der Waals surface area contributed by atoms with Gasteiger partial charge in [-0.1, -0.05) is 12.1 Å². The topological polar surface area (TPSA) is 75.5 Å². The predicted molar refractivity (Wildman–Crippen MR) is 67.5 cm³/mol. The number of likely N-dealkylation sites (N-methyl/N-ethyl adjacent to an activating group) is 1. The van der Waals surface area contributed by atoms with Gasteiger partial charge in [-0.2, -0.15) is 0 Å². The standard InChI is InChI=1S/C10H13N3O3.ClH/c1-12(2)7-10(14)11-8-5-3-4-6-9(8)13(15)16;/h3-6H,7H2,1-2H3,(H,11,14);1H. The molecule has 0 bridgehead atoms. The Morgan fingerprint density at radius 3 is 2.53 bits per heavy atom. The first kappa shape index (κ1) is 15.3. The fourth-order valence-electron chi connectivity index (χ4n) is 1.22. The Hall–Kier alpha value is -1.66. The molecule has 0 unspecified atom stereocenters. The number of carbonyl (C=O) groups excluding carboxylic acids is 1. The highest BCUT2D eigenvalue weighted by molar-refractivity contribution is 5.94. The maximum absolute atomic E-state index is 11.4. The minimum atomic E-state index is -0.523. The molecule has 0 radical (unpaired) electrons. The molecule has 0 atom stereocenters. The molecular weight excluding hydrogens is 246 g/mol. The van der Waals surface area contributed by atoms with E-state index in [0.29, 0.717) is 0 Å². The molecule has 0 saturated heterocycles. The van der Waals surface area contributed by atoms with E-state index in [2.05, 4.69) is 5.32 Å². The molecular formula is C10H14ClN3O3. The van der Waals surface area contributed by atoms with Gasteiger partial charge in [0, 0.05) is 6.07 Å². The van der Waals surface area contributed by atoms with E-state index in [9.17, 15) is 14.9 Å². The zero-order valence-corrected chi connectivity index (χ0v) is 10.4. The fourth-order valence-corrected chi connectivity index (χ4v) is 1.22.